The zero-order valence-corrected chi connectivity index (χ0v) is 16.5. The number of aromatic nitrogens is 3. The normalized spacial score (nSPS) is 15.0. The number of imidazole rings is 1. The zero-order chi connectivity index (χ0) is 19.7. The van der Waals surface area contributed by atoms with E-state index in [9.17, 15) is 4.79 Å². The average molecular weight is 379 g/mol. The predicted molar refractivity (Wildman–Crippen MR) is 109 cm³/mol. The summed E-state index contributed by atoms with van der Waals surface area (Å²) in [4.78, 5) is 23.4. The SMILES string of the molecule is COCCN1CC(C(=O)Nc2cc3cc(-c4cnc(C)n4C)ccc3cn2)C1. The highest BCUT2D eigenvalue weighted by molar-refractivity contribution is 5.95. The number of carbonyl (C=O) groups is 1. The van der Waals surface area contributed by atoms with E-state index < -0.39 is 0 Å². The fourth-order valence-electron chi connectivity index (χ4n) is 3.51. The number of hydrogen-bond acceptors (Lipinski definition) is 5. The minimum atomic E-state index is 0.0121. The number of hydrogen-bond donors (Lipinski definition) is 1. The lowest BCUT2D eigenvalue weighted by Gasteiger charge is -2.37. The number of aryl methyl sites for hydroxylation is 1. The molecule has 0 bridgehead atoms. The lowest BCUT2D eigenvalue weighted by Crippen LogP contribution is -2.52. The van der Waals surface area contributed by atoms with Crippen LogP contribution in [-0.4, -0.2) is 58.7 Å². The van der Waals surface area contributed by atoms with Gasteiger partial charge in [0, 0.05) is 50.9 Å². The summed E-state index contributed by atoms with van der Waals surface area (Å²) in [6.45, 7) is 5.09. The zero-order valence-electron chi connectivity index (χ0n) is 16.5. The maximum absolute atomic E-state index is 12.5. The van der Waals surface area contributed by atoms with Crippen LogP contribution in [-0.2, 0) is 16.6 Å². The van der Waals surface area contributed by atoms with Crippen molar-refractivity contribution in [3.63, 3.8) is 0 Å². The summed E-state index contributed by atoms with van der Waals surface area (Å²) >= 11 is 0. The van der Waals surface area contributed by atoms with Gasteiger partial charge >= 0.3 is 0 Å². The van der Waals surface area contributed by atoms with Crippen molar-refractivity contribution in [2.24, 2.45) is 13.0 Å². The molecule has 1 aliphatic heterocycles. The van der Waals surface area contributed by atoms with Crippen LogP contribution in [0.1, 0.15) is 5.82 Å². The molecular weight excluding hydrogens is 354 g/mol. The summed E-state index contributed by atoms with van der Waals surface area (Å²) in [6, 6.07) is 8.16. The Kier molecular flexibility index (Phi) is 5.11. The van der Waals surface area contributed by atoms with Crippen molar-refractivity contribution < 1.29 is 9.53 Å². The van der Waals surface area contributed by atoms with E-state index >= 15 is 0 Å². The number of nitrogens with zero attached hydrogens (tertiary/aromatic N) is 4. The molecule has 7 nitrogen and oxygen atoms in total. The number of pyridine rings is 1. The molecule has 0 atom stereocenters. The highest BCUT2D eigenvalue weighted by Gasteiger charge is 2.32. The maximum atomic E-state index is 12.5. The third kappa shape index (κ3) is 3.63. The number of ether oxygens (including phenoxy) is 1. The van der Waals surface area contributed by atoms with Gasteiger partial charge in [0.15, 0.2) is 0 Å². The summed E-state index contributed by atoms with van der Waals surface area (Å²) in [5.41, 5.74) is 2.15. The van der Waals surface area contributed by atoms with E-state index in [2.05, 4.69) is 36.9 Å². The van der Waals surface area contributed by atoms with Crippen LogP contribution in [0.25, 0.3) is 22.0 Å². The second-order valence-corrected chi connectivity index (χ2v) is 7.32. The standard InChI is InChI=1S/C21H25N5O2/c1-14-22-11-19(25(14)2)15-4-5-16-10-23-20(9-17(16)8-15)24-21(27)18-12-26(13-18)6-7-28-3/h4-5,8-11,18H,6-7,12-13H2,1-3H3,(H,23,24,27). The molecule has 3 aromatic rings. The largest absolute Gasteiger partial charge is 0.383 e. The number of fused-ring (bicyclic) bond motifs is 1. The van der Waals surface area contributed by atoms with Gasteiger partial charge in [0.1, 0.15) is 11.6 Å². The fraction of sp³-hybridized carbons (Fsp3) is 0.381. The number of methoxy groups -OCH3 is 1. The first-order valence-corrected chi connectivity index (χ1v) is 9.46. The van der Waals surface area contributed by atoms with Gasteiger partial charge in [-0.05, 0) is 24.4 Å². The molecule has 28 heavy (non-hydrogen) atoms. The molecule has 1 amide bonds. The topological polar surface area (TPSA) is 72.3 Å². The smallest absolute Gasteiger partial charge is 0.231 e. The van der Waals surface area contributed by atoms with Crippen molar-refractivity contribution in [3.8, 4) is 11.3 Å². The van der Waals surface area contributed by atoms with Crippen molar-refractivity contribution in [3.05, 3.63) is 42.5 Å². The van der Waals surface area contributed by atoms with Crippen LogP contribution in [0, 0.1) is 12.8 Å². The van der Waals surface area contributed by atoms with Gasteiger partial charge in [-0.3, -0.25) is 9.69 Å². The van der Waals surface area contributed by atoms with E-state index in [4.69, 9.17) is 4.74 Å². The Morgan fingerprint density at radius 3 is 2.75 bits per heavy atom. The summed E-state index contributed by atoms with van der Waals surface area (Å²) in [5, 5.41) is 5.04. The Morgan fingerprint density at radius 2 is 2.04 bits per heavy atom. The summed E-state index contributed by atoms with van der Waals surface area (Å²) in [7, 11) is 3.70. The number of carbonyl (C=O) groups excluding carboxylic acids is 1. The van der Waals surface area contributed by atoms with Crippen molar-refractivity contribution in [2.45, 2.75) is 6.92 Å². The van der Waals surface area contributed by atoms with Crippen molar-refractivity contribution in [2.75, 3.05) is 38.7 Å². The molecule has 3 heterocycles. The summed E-state index contributed by atoms with van der Waals surface area (Å²) < 4.78 is 7.14. The minimum Gasteiger partial charge on any atom is -0.383 e. The van der Waals surface area contributed by atoms with Crippen LogP contribution in [0.2, 0.25) is 0 Å². The van der Waals surface area contributed by atoms with E-state index in [0.717, 1.165) is 47.5 Å². The third-order valence-electron chi connectivity index (χ3n) is 5.43. The molecule has 0 spiro atoms. The molecule has 1 fully saturated rings. The van der Waals surface area contributed by atoms with Gasteiger partial charge in [0.05, 0.1) is 24.4 Å². The number of amides is 1. The highest BCUT2D eigenvalue weighted by atomic mass is 16.5. The Balaban J connectivity index is 1.48. The Hall–Kier alpha value is -2.77. The van der Waals surface area contributed by atoms with Crippen LogP contribution in [0.3, 0.4) is 0 Å². The number of benzene rings is 1. The van der Waals surface area contributed by atoms with Crippen LogP contribution >= 0.6 is 0 Å². The van der Waals surface area contributed by atoms with E-state index in [-0.39, 0.29) is 11.8 Å². The highest BCUT2D eigenvalue weighted by Crippen LogP contribution is 2.26. The summed E-state index contributed by atoms with van der Waals surface area (Å²) in [5.74, 6) is 1.60. The Labute approximate surface area is 164 Å². The van der Waals surface area contributed by atoms with Crippen molar-refractivity contribution >= 4 is 22.5 Å². The minimum absolute atomic E-state index is 0.0121. The van der Waals surface area contributed by atoms with Crippen molar-refractivity contribution in [1.82, 2.24) is 19.4 Å². The van der Waals surface area contributed by atoms with Gasteiger partial charge in [0.2, 0.25) is 5.91 Å². The average Bonchev–Trinajstić information content (AvgIpc) is 2.99. The predicted octanol–water partition coefficient (Wildman–Crippen LogP) is 2.46. The van der Waals surface area contributed by atoms with Gasteiger partial charge in [-0.25, -0.2) is 9.97 Å². The third-order valence-corrected chi connectivity index (χ3v) is 5.43. The fourth-order valence-corrected chi connectivity index (χ4v) is 3.51. The molecule has 7 heteroatoms. The number of anilines is 1. The monoisotopic (exact) mass is 379 g/mol. The molecule has 0 saturated carbocycles. The first-order chi connectivity index (χ1) is 13.5. The molecule has 0 unspecified atom stereocenters. The molecule has 1 aliphatic rings. The lowest BCUT2D eigenvalue weighted by molar-refractivity contribution is -0.125. The molecule has 146 valence electrons. The maximum Gasteiger partial charge on any atom is 0.231 e. The Bertz CT molecular complexity index is 1010. The quantitative estimate of drug-likeness (QED) is 0.712. The Morgan fingerprint density at radius 1 is 1.21 bits per heavy atom. The van der Waals surface area contributed by atoms with Crippen LogP contribution in [0.4, 0.5) is 5.82 Å². The van der Waals surface area contributed by atoms with E-state index in [1.54, 1.807) is 13.3 Å². The number of rotatable bonds is 6. The van der Waals surface area contributed by atoms with Crippen molar-refractivity contribution in [1.29, 1.82) is 0 Å². The summed E-state index contributed by atoms with van der Waals surface area (Å²) in [6.07, 6.45) is 3.68. The number of nitrogens with one attached hydrogen (secondary N) is 1. The molecule has 4 rings (SSSR count). The molecule has 0 aliphatic carbocycles. The van der Waals surface area contributed by atoms with Gasteiger partial charge in [-0.1, -0.05) is 12.1 Å². The lowest BCUT2D eigenvalue weighted by atomic mass is 9.99. The van der Waals surface area contributed by atoms with E-state index in [1.165, 1.54) is 0 Å². The van der Waals surface area contributed by atoms with Gasteiger partial charge in [0.25, 0.3) is 0 Å². The molecule has 1 aromatic carbocycles. The molecule has 2 aromatic heterocycles. The van der Waals surface area contributed by atoms with Gasteiger partial charge in [-0.15, -0.1) is 0 Å². The number of likely N-dealkylation sites (tertiary alicyclic amines) is 1. The van der Waals surface area contributed by atoms with Crippen LogP contribution in [0.15, 0.2) is 36.7 Å². The van der Waals surface area contributed by atoms with Crippen LogP contribution < -0.4 is 5.32 Å². The van der Waals surface area contributed by atoms with E-state index in [1.807, 2.05) is 32.3 Å². The molecule has 0 radical (unpaired) electrons. The van der Waals surface area contributed by atoms with Gasteiger partial charge in [-0.2, -0.15) is 0 Å². The molecule has 1 N–H and O–H groups in total. The first-order valence-electron chi connectivity index (χ1n) is 9.46. The van der Waals surface area contributed by atoms with Gasteiger partial charge < -0.3 is 14.6 Å². The first kappa shape index (κ1) is 18.6. The molecule has 1 saturated heterocycles. The second kappa shape index (κ2) is 7.69. The van der Waals surface area contributed by atoms with E-state index in [0.29, 0.717) is 12.4 Å². The van der Waals surface area contributed by atoms with Crippen LogP contribution in [0.5, 0.6) is 0 Å². The molecular formula is C21H25N5O2. The second-order valence-electron chi connectivity index (χ2n) is 7.32.